The van der Waals surface area contributed by atoms with E-state index >= 15 is 0 Å². The van der Waals surface area contributed by atoms with E-state index in [2.05, 4.69) is 5.32 Å². The van der Waals surface area contributed by atoms with Crippen LogP contribution in [0.1, 0.15) is 28.7 Å². The van der Waals surface area contributed by atoms with Crippen LogP contribution >= 0.6 is 0 Å². The zero-order valence-corrected chi connectivity index (χ0v) is 16.6. The molecule has 0 radical (unpaired) electrons. The average Bonchev–Trinajstić information content (AvgIpc) is 3.07. The van der Waals surface area contributed by atoms with Gasteiger partial charge < -0.3 is 14.2 Å². The van der Waals surface area contributed by atoms with Crippen LogP contribution in [-0.2, 0) is 17.6 Å². The number of furan rings is 1. The Kier molecular flexibility index (Phi) is 5.21. The van der Waals surface area contributed by atoms with Crippen LogP contribution in [-0.4, -0.2) is 12.5 Å². The molecule has 0 aliphatic carbocycles. The van der Waals surface area contributed by atoms with Crippen LogP contribution in [0.25, 0.3) is 21.9 Å². The molecule has 2 aromatic carbocycles. The van der Waals surface area contributed by atoms with Gasteiger partial charge in [0.15, 0.2) is 0 Å². The molecular formula is C24H23NO4. The Morgan fingerprint density at radius 1 is 1.00 bits per heavy atom. The fourth-order valence-corrected chi connectivity index (χ4v) is 3.64. The molecule has 1 N–H and O–H groups in total. The third-order valence-electron chi connectivity index (χ3n) is 5.36. The second-order valence-electron chi connectivity index (χ2n) is 7.34. The van der Waals surface area contributed by atoms with Gasteiger partial charge in [0.05, 0.1) is 6.26 Å². The van der Waals surface area contributed by atoms with E-state index in [1.54, 1.807) is 12.3 Å². The summed E-state index contributed by atoms with van der Waals surface area (Å²) in [6, 6.07) is 13.8. The molecule has 0 aliphatic heterocycles. The van der Waals surface area contributed by atoms with Gasteiger partial charge in [-0.25, -0.2) is 4.79 Å². The van der Waals surface area contributed by atoms with Crippen LogP contribution in [0.5, 0.6) is 0 Å². The number of rotatable bonds is 6. The van der Waals surface area contributed by atoms with Gasteiger partial charge in [0.1, 0.15) is 11.2 Å². The Morgan fingerprint density at radius 2 is 1.79 bits per heavy atom. The lowest BCUT2D eigenvalue weighted by atomic mass is 10.0. The third-order valence-corrected chi connectivity index (χ3v) is 5.36. The fourth-order valence-electron chi connectivity index (χ4n) is 3.64. The van der Waals surface area contributed by atoms with Crippen molar-refractivity contribution in [1.82, 2.24) is 5.32 Å². The second kappa shape index (κ2) is 7.95. The third kappa shape index (κ3) is 3.94. The molecule has 0 bridgehead atoms. The van der Waals surface area contributed by atoms with Gasteiger partial charge in [-0.05, 0) is 49.4 Å². The predicted octanol–water partition coefficient (Wildman–Crippen LogP) is 4.45. The zero-order chi connectivity index (χ0) is 20.4. The van der Waals surface area contributed by atoms with Crippen molar-refractivity contribution in [1.29, 1.82) is 0 Å². The molecule has 0 spiro atoms. The van der Waals surface area contributed by atoms with Crippen molar-refractivity contribution in [3.63, 3.8) is 0 Å². The summed E-state index contributed by atoms with van der Waals surface area (Å²) in [4.78, 5) is 24.7. The molecule has 0 saturated heterocycles. The summed E-state index contributed by atoms with van der Waals surface area (Å²) in [6.45, 7) is 4.46. The van der Waals surface area contributed by atoms with E-state index in [-0.39, 0.29) is 12.3 Å². The monoisotopic (exact) mass is 389 g/mol. The van der Waals surface area contributed by atoms with Crippen molar-refractivity contribution in [3.8, 4) is 0 Å². The minimum atomic E-state index is -0.394. The van der Waals surface area contributed by atoms with E-state index in [0.717, 1.165) is 28.3 Å². The first-order valence-corrected chi connectivity index (χ1v) is 9.77. The minimum Gasteiger partial charge on any atom is -0.464 e. The lowest BCUT2D eigenvalue weighted by molar-refractivity contribution is -0.121. The Bertz CT molecular complexity index is 1230. The Morgan fingerprint density at radius 3 is 2.59 bits per heavy atom. The summed E-state index contributed by atoms with van der Waals surface area (Å²) in [5.74, 6) is -0.0686. The molecule has 4 aromatic rings. The largest absolute Gasteiger partial charge is 0.464 e. The first-order chi connectivity index (χ1) is 14.0. The number of hydrogen-bond donors (Lipinski definition) is 1. The number of carbonyl (C=O) groups is 1. The van der Waals surface area contributed by atoms with Gasteiger partial charge in [-0.2, -0.15) is 0 Å². The molecule has 5 heteroatoms. The lowest BCUT2D eigenvalue weighted by Gasteiger charge is -2.09. The molecule has 2 heterocycles. The summed E-state index contributed by atoms with van der Waals surface area (Å²) in [6.07, 6.45) is 3.07. The Hall–Kier alpha value is -3.34. The van der Waals surface area contributed by atoms with E-state index in [1.165, 1.54) is 5.56 Å². The highest BCUT2D eigenvalue weighted by Gasteiger charge is 2.15. The molecule has 0 unspecified atom stereocenters. The number of hydrogen-bond acceptors (Lipinski definition) is 4. The topological polar surface area (TPSA) is 72.5 Å². The molecule has 0 atom stereocenters. The highest BCUT2D eigenvalue weighted by Crippen LogP contribution is 2.28. The number of fused-ring (bicyclic) bond motifs is 2. The minimum absolute atomic E-state index is 0.0686. The van der Waals surface area contributed by atoms with Gasteiger partial charge >= 0.3 is 5.63 Å². The predicted molar refractivity (Wildman–Crippen MR) is 113 cm³/mol. The van der Waals surface area contributed by atoms with Crippen molar-refractivity contribution >= 4 is 27.8 Å². The van der Waals surface area contributed by atoms with Crippen molar-refractivity contribution in [2.45, 2.75) is 33.1 Å². The molecule has 0 saturated carbocycles. The number of benzene rings is 2. The standard InChI is InChI=1S/C24H23NO4/c1-15-14-28-21-13-22-20(12-19(15)21)16(2)18(24(27)29-22)8-9-23(26)25-11-10-17-6-4-3-5-7-17/h3-7,12-14H,8-11H2,1-2H3,(H,25,26). The summed E-state index contributed by atoms with van der Waals surface area (Å²) >= 11 is 0. The molecule has 4 rings (SSSR count). The molecule has 29 heavy (non-hydrogen) atoms. The normalized spacial score (nSPS) is 11.2. The SMILES string of the molecule is Cc1coc2cc3oc(=O)c(CCC(=O)NCCc4ccccc4)c(C)c3cc12. The maximum Gasteiger partial charge on any atom is 0.339 e. The van der Waals surface area contributed by atoms with E-state index in [9.17, 15) is 9.59 Å². The van der Waals surface area contributed by atoms with Crippen LogP contribution in [0.15, 0.2) is 62.4 Å². The molecule has 0 aliphatic rings. The van der Waals surface area contributed by atoms with E-state index in [4.69, 9.17) is 8.83 Å². The summed E-state index contributed by atoms with van der Waals surface area (Å²) in [5.41, 5.74) is 4.43. The summed E-state index contributed by atoms with van der Waals surface area (Å²) in [7, 11) is 0. The maximum atomic E-state index is 12.5. The van der Waals surface area contributed by atoms with Crippen molar-refractivity contribution in [2.75, 3.05) is 6.54 Å². The molecular weight excluding hydrogens is 366 g/mol. The van der Waals surface area contributed by atoms with E-state index in [1.807, 2.05) is 50.2 Å². The second-order valence-corrected chi connectivity index (χ2v) is 7.34. The van der Waals surface area contributed by atoms with Crippen LogP contribution < -0.4 is 10.9 Å². The highest BCUT2D eigenvalue weighted by molar-refractivity contribution is 5.96. The van der Waals surface area contributed by atoms with E-state index in [0.29, 0.717) is 29.7 Å². The summed E-state index contributed by atoms with van der Waals surface area (Å²) in [5, 5.41) is 4.80. The average molecular weight is 389 g/mol. The van der Waals surface area contributed by atoms with Crippen molar-refractivity contribution in [3.05, 3.63) is 81.4 Å². The van der Waals surface area contributed by atoms with E-state index < -0.39 is 5.63 Å². The van der Waals surface area contributed by atoms with Crippen molar-refractivity contribution in [2.24, 2.45) is 0 Å². The molecule has 0 fully saturated rings. The van der Waals surface area contributed by atoms with Crippen LogP contribution in [0.4, 0.5) is 0 Å². The van der Waals surface area contributed by atoms with Crippen LogP contribution in [0.2, 0.25) is 0 Å². The fraction of sp³-hybridized carbons (Fsp3) is 0.250. The lowest BCUT2D eigenvalue weighted by Crippen LogP contribution is -2.26. The summed E-state index contributed by atoms with van der Waals surface area (Å²) < 4.78 is 11.0. The molecule has 148 valence electrons. The van der Waals surface area contributed by atoms with Gasteiger partial charge in [0.2, 0.25) is 5.91 Å². The van der Waals surface area contributed by atoms with Gasteiger partial charge in [0, 0.05) is 35.4 Å². The first kappa shape index (κ1) is 19.0. The number of carbonyl (C=O) groups excluding carboxylic acids is 1. The van der Waals surface area contributed by atoms with Gasteiger partial charge in [-0.3, -0.25) is 4.79 Å². The van der Waals surface area contributed by atoms with Gasteiger partial charge in [-0.15, -0.1) is 0 Å². The van der Waals surface area contributed by atoms with Crippen LogP contribution in [0, 0.1) is 13.8 Å². The van der Waals surface area contributed by atoms with Crippen molar-refractivity contribution < 1.29 is 13.6 Å². The highest BCUT2D eigenvalue weighted by atomic mass is 16.4. The quantitative estimate of drug-likeness (QED) is 0.495. The van der Waals surface area contributed by atoms with Gasteiger partial charge in [0.25, 0.3) is 0 Å². The van der Waals surface area contributed by atoms with Gasteiger partial charge in [-0.1, -0.05) is 30.3 Å². The molecule has 1 amide bonds. The number of amides is 1. The Labute approximate surface area is 168 Å². The zero-order valence-electron chi connectivity index (χ0n) is 16.6. The molecule has 5 nitrogen and oxygen atoms in total. The number of aryl methyl sites for hydroxylation is 2. The smallest absolute Gasteiger partial charge is 0.339 e. The maximum absolute atomic E-state index is 12.5. The molecule has 2 aromatic heterocycles. The Balaban J connectivity index is 1.47. The first-order valence-electron chi connectivity index (χ1n) is 9.77. The number of nitrogens with one attached hydrogen (secondary N) is 1. The van der Waals surface area contributed by atoms with Crippen LogP contribution in [0.3, 0.4) is 0 Å².